The minimum absolute atomic E-state index is 0.0596. The van der Waals surface area contributed by atoms with E-state index >= 15 is 0 Å². The number of nitrogens with one attached hydrogen (secondary N) is 1. The SMILES string of the molecule is CCCN(CCC)C(=O)Cc1csc(NC(=O)c2cc(OC)cc(OC)c2)n1. The van der Waals surface area contributed by atoms with E-state index in [4.69, 9.17) is 9.47 Å². The van der Waals surface area contributed by atoms with Gasteiger partial charge in [-0.25, -0.2) is 4.98 Å². The largest absolute Gasteiger partial charge is 0.497 e. The van der Waals surface area contributed by atoms with Gasteiger partial charge >= 0.3 is 0 Å². The number of thiazole rings is 1. The van der Waals surface area contributed by atoms with E-state index in [1.54, 1.807) is 23.6 Å². The monoisotopic (exact) mass is 405 g/mol. The van der Waals surface area contributed by atoms with E-state index in [1.807, 2.05) is 4.90 Å². The molecular formula is C20H27N3O4S. The lowest BCUT2D eigenvalue weighted by Crippen LogP contribution is -2.33. The molecule has 7 nitrogen and oxygen atoms in total. The molecule has 8 heteroatoms. The van der Waals surface area contributed by atoms with Crippen molar-refractivity contribution in [3.8, 4) is 11.5 Å². The van der Waals surface area contributed by atoms with E-state index in [2.05, 4.69) is 24.1 Å². The van der Waals surface area contributed by atoms with E-state index in [-0.39, 0.29) is 18.2 Å². The second-order valence-electron chi connectivity index (χ2n) is 6.26. The summed E-state index contributed by atoms with van der Waals surface area (Å²) in [6.07, 6.45) is 2.08. The number of carbonyl (C=O) groups is 2. The van der Waals surface area contributed by atoms with Crippen molar-refractivity contribution < 1.29 is 19.1 Å². The molecule has 0 aliphatic heterocycles. The van der Waals surface area contributed by atoms with E-state index in [1.165, 1.54) is 25.6 Å². The summed E-state index contributed by atoms with van der Waals surface area (Å²) >= 11 is 1.30. The van der Waals surface area contributed by atoms with E-state index in [0.29, 0.717) is 27.9 Å². The summed E-state index contributed by atoms with van der Waals surface area (Å²) in [5.74, 6) is 0.802. The van der Waals surface area contributed by atoms with Crippen LogP contribution in [0.1, 0.15) is 42.7 Å². The summed E-state index contributed by atoms with van der Waals surface area (Å²) < 4.78 is 10.4. The number of nitrogens with zero attached hydrogens (tertiary/aromatic N) is 2. The Hall–Kier alpha value is -2.61. The highest BCUT2D eigenvalue weighted by molar-refractivity contribution is 7.14. The van der Waals surface area contributed by atoms with Gasteiger partial charge in [-0.05, 0) is 25.0 Å². The van der Waals surface area contributed by atoms with Crippen molar-refractivity contribution in [2.24, 2.45) is 0 Å². The van der Waals surface area contributed by atoms with Gasteiger partial charge in [-0.1, -0.05) is 13.8 Å². The maximum absolute atomic E-state index is 12.5. The predicted molar refractivity (Wildman–Crippen MR) is 110 cm³/mol. The van der Waals surface area contributed by atoms with Crippen LogP contribution in [0.4, 0.5) is 5.13 Å². The fraction of sp³-hybridized carbons (Fsp3) is 0.450. The van der Waals surface area contributed by atoms with Crippen molar-refractivity contribution in [2.45, 2.75) is 33.1 Å². The van der Waals surface area contributed by atoms with Crippen LogP contribution in [0.25, 0.3) is 0 Å². The molecule has 0 bridgehead atoms. The molecule has 0 aliphatic carbocycles. The lowest BCUT2D eigenvalue weighted by molar-refractivity contribution is -0.130. The topological polar surface area (TPSA) is 80.8 Å². The molecular weight excluding hydrogens is 378 g/mol. The highest BCUT2D eigenvalue weighted by atomic mass is 32.1. The maximum atomic E-state index is 12.5. The second kappa shape index (κ2) is 10.7. The summed E-state index contributed by atoms with van der Waals surface area (Å²) in [5, 5.41) is 5.02. The number of benzene rings is 1. The van der Waals surface area contributed by atoms with Crippen molar-refractivity contribution in [3.63, 3.8) is 0 Å². The average Bonchev–Trinajstić information content (AvgIpc) is 3.13. The Morgan fingerprint density at radius 1 is 1.07 bits per heavy atom. The smallest absolute Gasteiger partial charge is 0.257 e. The fourth-order valence-electron chi connectivity index (χ4n) is 2.72. The van der Waals surface area contributed by atoms with Gasteiger partial charge in [0.2, 0.25) is 5.91 Å². The third kappa shape index (κ3) is 5.95. The molecule has 1 N–H and O–H groups in total. The molecule has 0 radical (unpaired) electrons. The highest BCUT2D eigenvalue weighted by Gasteiger charge is 2.16. The van der Waals surface area contributed by atoms with Crippen LogP contribution >= 0.6 is 11.3 Å². The molecule has 0 atom stereocenters. The van der Waals surface area contributed by atoms with E-state index in [9.17, 15) is 9.59 Å². The highest BCUT2D eigenvalue weighted by Crippen LogP contribution is 2.24. The first kappa shape index (κ1) is 21.7. The third-order valence-electron chi connectivity index (χ3n) is 4.06. The van der Waals surface area contributed by atoms with Gasteiger partial charge in [-0.3, -0.25) is 14.9 Å². The molecule has 2 aromatic rings. The summed E-state index contributed by atoms with van der Waals surface area (Å²) in [6.45, 7) is 5.61. The third-order valence-corrected chi connectivity index (χ3v) is 4.86. The van der Waals surface area contributed by atoms with Gasteiger partial charge in [-0.15, -0.1) is 11.3 Å². The molecule has 1 heterocycles. The van der Waals surface area contributed by atoms with Gasteiger partial charge in [0.15, 0.2) is 5.13 Å². The number of anilines is 1. The Balaban J connectivity index is 2.04. The van der Waals surface area contributed by atoms with E-state index in [0.717, 1.165) is 25.9 Å². The summed E-state index contributed by atoms with van der Waals surface area (Å²) in [4.78, 5) is 31.2. The lowest BCUT2D eigenvalue weighted by atomic mass is 10.2. The number of ether oxygens (including phenoxy) is 2. The number of aromatic nitrogens is 1. The molecule has 1 aromatic heterocycles. The molecule has 0 unspecified atom stereocenters. The number of hydrogen-bond acceptors (Lipinski definition) is 6. The van der Waals surface area contributed by atoms with E-state index < -0.39 is 0 Å². The molecule has 152 valence electrons. The second-order valence-corrected chi connectivity index (χ2v) is 7.12. The minimum Gasteiger partial charge on any atom is -0.497 e. The number of methoxy groups -OCH3 is 2. The number of carbonyl (C=O) groups excluding carboxylic acids is 2. The van der Waals surface area contributed by atoms with Crippen molar-refractivity contribution in [3.05, 3.63) is 34.8 Å². The van der Waals surface area contributed by atoms with Crippen LogP contribution in [-0.4, -0.2) is 49.0 Å². The van der Waals surface area contributed by atoms with Crippen LogP contribution in [0.2, 0.25) is 0 Å². The van der Waals surface area contributed by atoms with Crippen molar-refractivity contribution in [1.82, 2.24) is 9.88 Å². The lowest BCUT2D eigenvalue weighted by Gasteiger charge is -2.20. The Bertz CT molecular complexity index is 778. The Kier molecular flexibility index (Phi) is 8.25. The number of hydrogen-bond donors (Lipinski definition) is 1. The predicted octanol–water partition coefficient (Wildman–Crippen LogP) is 3.60. The number of rotatable bonds is 10. The Labute approximate surface area is 169 Å². The Morgan fingerprint density at radius 3 is 2.21 bits per heavy atom. The van der Waals surface area contributed by atoms with Crippen LogP contribution < -0.4 is 14.8 Å². The fourth-order valence-corrected chi connectivity index (χ4v) is 3.43. The quantitative estimate of drug-likeness (QED) is 0.653. The van der Waals surface area contributed by atoms with Crippen LogP contribution in [0.5, 0.6) is 11.5 Å². The van der Waals surface area contributed by atoms with Crippen molar-refractivity contribution >= 4 is 28.3 Å². The standard InChI is InChI=1S/C20H27N3O4S/c1-5-7-23(8-6-2)18(24)11-15-13-28-20(21-15)22-19(25)14-9-16(26-3)12-17(10-14)27-4/h9-10,12-13H,5-8,11H2,1-4H3,(H,21,22,25). The summed E-state index contributed by atoms with van der Waals surface area (Å²) in [7, 11) is 3.06. The van der Waals surface area contributed by atoms with Crippen LogP contribution in [-0.2, 0) is 11.2 Å². The zero-order valence-corrected chi connectivity index (χ0v) is 17.6. The molecule has 2 amide bonds. The average molecular weight is 406 g/mol. The van der Waals surface area contributed by atoms with Gasteiger partial charge in [-0.2, -0.15) is 0 Å². The summed E-state index contributed by atoms with van der Waals surface area (Å²) in [5.41, 5.74) is 1.06. The molecule has 0 saturated heterocycles. The van der Waals surface area contributed by atoms with Gasteiger partial charge in [0.1, 0.15) is 11.5 Å². The first-order chi connectivity index (χ1) is 13.5. The zero-order chi connectivity index (χ0) is 20.5. The van der Waals surface area contributed by atoms with Gasteiger partial charge in [0.05, 0.1) is 26.3 Å². The first-order valence-electron chi connectivity index (χ1n) is 9.27. The van der Waals surface area contributed by atoms with Gasteiger partial charge in [0.25, 0.3) is 5.91 Å². The molecule has 0 fully saturated rings. The molecule has 0 aliphatic rings. The van der Waals surface area contributed by atoms with Crippen molar-refractivity contribution in [2.75, 3.05) is 32.6 Å². The molecule has 1 aromatic carbocycles. The Morgan fingerprint density at radius 2 is 1.68 bits per heavy atom. The minimum atomic E-state index is -0.317. The van der Waals surface area contributed by atoms with Crippen LogP contribution in [0.15, 0.2) is 23.6 Å². The molecule has 2 rings (SSSR count). The first-order valence-corrected chi connectivity index (χ1v) is 10.1. The zero-order valence-electron chi connectivity index (χ0n) is 16.8. The molecule has 28 heavy (non-hydrogen) atoms. The van der Waals surface area contributed by atoms with Crippen molar-refractivity contribution in [1.29, 1.82) is 0 Å². The molecule has 0 spiro atoms. The normalized spacial score (nSPS) is 10.4. The van der Waals surface area contributed by atoms with Gasteiger partial charge in [0, 0.05) is 30.1 Å². The van der Waals surface area contributed by atoms with Crippen LogP contribution in [0.3, 0.4) is 0 Å². The summed E-state index contributed by atoms with van der Waals surface area (Å²) in [6, 6.07) is 4.95. The molecule has 0 saturated carbocycles. The van der Waals surface area contributed by atoms with Crippen LogP contribution in [0, 0.1) is 0 Å². The maximum Gasteiger partial charge on any atom is 0.257 e. The van der Waals surface area contributed by atoms with Gasteiger partial charge < -0.3 is 14.4 Å². The number of amides is 2.